The highest BCUT2D eigenvalue weighted by Crippen LogP contribution is 2.39. The zero-order chi connectivity index (χ0) is 15.1. The average molecular weight is 304 g/mol. The van der Waals surface area contributed by atoms with E-state index in [9.17, 15) is 9.90 Å². The number of aryl methyl sites for hydroxylation is 1. The summed E-state index contributed by atoms with van der Waals surface area (Å²) in [5.41, 5.74) is 0.652. The largest absolute Gasteiger partial charge is 0.506 e. The summed E-state index contributed by atoms with van der Waals surface area (Å²) < 4.78 is 11.0. The summed E-state index contributed by atoms with van der Waals surface area (Å²) in [5, 5.41) is 16.8. The minimum absolute atomic E-state index is 0.0934. The lowest BCUT2D eigenvalue weighted by Crippen LogP contribution is -2.24. The van der Waals surface area contributed by atoms with Crippen molar-refractivity contribution in [2.75, 3.05) is 12.4 Å². The number of furan rings is 1. The number of fused-ring (bicyclic) bond motifs is 2. The first-order chi connectivity index (χ1) is 10.0. The van der Waals surface area contributed by atoms with Crippen molar-refractivity contribution in [1.29, 1.82) is 0 Å². The second-order valence-corrected chi connectivity index (χ2v) is 4.92. The summed E-state index contributed by atoms with van der Waals surface area (Å²) in [4.78, 5) is 12.2. The maximum absolute atomic E-state index is 12.2. The van der Waals surface area contributed by atoms with Crippen molar-refractivity contribution in [3.05, 3.63) is 34.4 Å². The third-order valence-corrected chi connectivity index (χ3v) is 3.45. The predicted octanol–water partition coefficient (Wildman–Crippen LogP) is 2.47. The van der Waals surface area contributed by atoms with Gasteiger partial charge in [0.1, 0.15) is 22.6 Å². The van der Waals surface area contributed by atoms with Crippen molar-refractivity contribution in [3.8, 4) is 5.75 Å². The van der Waals surface area contributed by atoms with Gasteiger partial charge in [0.25, 0.3) is 0 Å². The Hall–Kier alpha value is -2.54. The molecule has 0 amide bonds. The molecular weight excluding hydrogens is 292 g/mol. The molecule has 0 saturated carbocycles. The number of anilines is 1. The van der Waals surface area contributed by atoms with Gasteiger partial charge < -0.3 is 24.6 Å². The van der Waals surface area contributed by atoms with Gasteiger partial charge in [0, 0.05) is 13.1 Å². The van der Waals surface area contributed by atoms with Gasteiger partial charge in [0.05, 0.1) is 11.6 Å². The van der Waals surface area contributed by atoms with Crippen molar-refractivity contribution < 1.29 is 13.9 Å². The highest BCUT2D eigenvalue weighted by atomic mass is 32.1. The van der Waals surface area contributed by atoms with Crippen molar-refractivity contribution in [2.45, 2.75) is 6.92 Å². The van der Waals surface area contributed by atoms with E-state index in [0.29, 0.717) is 27.5 Å². The molecule has 1 aromatic carbocycles. The van der Waals surface area contributed by atoms with Crippen molar-refractivity contribution in [1.82, 2.24) is 5.32 Å². The molecule has 3 N–H and O–H groups in total. The van der Waals surface area contributed by atoms with Crippen LogP contribution in [0.15, 0.2) is 32.0 Å². The zero-order valence-electron chi connectivity index (χ0n) is 11.3. The number of thiocarbonyl (C=S) groups is 1. The van der Waals surface area contributed by atoms with Gasteiger partial charge in [0.2, 0.25) is 0 Å². The number of phenols is 1. The van der Waals surface area contributed by atoms with Crippen LogP contribution in [-0.2, 0) is 0 Å². The second-order valence-electron chi connectivity index (χ2n) is 4.52. The molecular formula is C14H12N2O4S. The van der Waals surface area contributed by atoms with E-state index in [1.165, 1.54) is 12.3 Å². The molecule has 0 spiro atoms. The summed E-state index contributed by atoms with van der Waals surface area (Å²) >= 11 is 5.09. The van der Waals surface area contributed by atoms with E-state index in [2.05, 4.69) is 10.6 Å². The van der Waals surface area contributed by atoms with Crippen LogP contribution >= 0.6 is 12.2 Å². The molecule has 0 unspecified atom stereocenters. The monoisotopic (exact) mass is 304 g/mol. The van der Waals surface area contributed by atoms with Crippen LogP contribution in [0.5, 0.6) is 5.75 Å². The van der Waals surface area contributed by atoms with Crippen LogP contribution in [0, 0.1) is 6.92 Å². The molecule has 0 aliphatic rings. The molecule has 0 atom stereocenters. The molecule has 6 nitrogen and oxygen atoms in total. The fraction of sp³-hybridized carbons (Fsp3) is 0.143. The molecule has 108 valence electrons. The van der Waals surface area contributed by atoms with Gasteiger partial charge in [-0.05, 0) is 25.2 Å². The van der Waals surface area contributed by atoms with Gasteiger partial charge in [-0.25, -0.2) is 0 Å². The summed E-state index contributed by atoms with van der Waals surface area (Å²) in [6.45, 7) is 1.66. The Kier molecular flexibility index (Phi) is 3.06. The molecule has 0 fully saturated rings. The first-order valence-corrected chi connectivity index (χ1v) is 6.59. The zero-order valence-corrected chi connectivity index (χ0v) is 12.1. The lowest BCUT2D eigenvalue weighted by atomic mass is 10.1. The van der Waals surface area contributed by atoms with Gasteiger partial charge in [0.15, 0.2) is 21.7 Å². The lowest BCUT2D eigenvalue weighted by molar-refractivity contribution is 0.484. The van der Waals surface area contributed by atoms with Crippen LogP contribution in [0.2, 0.25) is 0 Å². The van der Waals surface area contributed by atoms with Gasteiger partial charge in [-0.2, -0.15) is 0 Å². The molecule has 0 radical (unpaired) electrons. The van der Waals surface area contributed by atoms with Gasteiger partial charge in [-0.1, -0.05) is 0 Å². The van der Waals surface area contributed by atoms with Crippen LogP contribution in [0.4, 0.5) is 5.69 Å². The number of rotatable bonds is 1. The fourth-order valence-electron chi connectivity index (χ4n) is 2.23. The van der Waals surface area contributed by atoms with Crippen LogP contribution in [0.1, 0.15) is 5.76 Å². The quantitative estimate of drug-likeness (QED) is 0.470. The SMILES string of the molecule is CNC(=S)Nc1c2occc2c(O)c2c(=O)cc(C)oc12. The number of nitrogens with one attached hydrogen (secondary N) is 2. The Bertz CT molecular complexity index is 926. The number of hydrogen-bond donors (Lipinski definition) is 3. The third-order valence-electron chi connectivity index (χ3n) is 3.15. The Morgan fingerprint density at radius 1 is 1.38 bits per heavy atom. The molecule has 0 bridgehead atoms. The normalized spacial score (nSPS) is 11.0. The maximum Gasteiger partial charge on any atom is 0.196 e. The van der Waals surface area contributed by atoms with E-state index >= 15 is 0 Å². The van der Waals surface area contributed by atoms with Crippen LogP contribution in [0.25, 0.3) is 21.9 Å². The fourth-order valence-corrected chi connectivity index (χ4v) is 2.33. The number of benzene rings is 1. The highest BCUT2D eigenvalue weighted by Gasteiger charge is 2.21. The maximum atomic E-state index is 12.2. The number of hydrogen-bond acceptors (Lipinski definition) is 5. The Balaban J connectivity index is 2.50. The lowest BCUT2D eigenvalue weighted by Gasteiger charge is -2.11. The average Bonchev–Trinajstić information content (AvgIpc) is 2.91. The Labute approximate surface area is 124 Å². The van der Waals surface area contributed by atoms with Crippen LogP contribution < -0.4 is 16.1 Å². The minimum Gasteiger partial charge on any atom is -0.506 e. The van der Waals surface area contributed by atoms with E-state index in [1.807, 2.05) is 0 Å². The molecule has 0 aliphatic heterocycles. The van der Waals surface area contributed by atoms with E-state index < -0.39 is 0 Å². The first kappa shape index (κ1) is 13.4. The summed E-state index contributed by atoms with van der Waals surface area (Å²) in [5.74, 6) is 0.264. The Morgan fingerprint density at radius 3 is 2.86 bits per heavy atom. The number of aromatic hydroxyl groups is 1. The summed E-state index contributed by atoms with van der Waals surface area (Å²) in [6, 6.07) is 2.91. The van der Waals surface area contributed by atoms with E-state index in [1.54, 1.807) is 20.0 Å². The molecule has 7 heteroatoms. The molecule has 0 aliphatic carbocycles. The second kappa shape index (κ2) is 4.78. The van der Waals surface area contributed by atoms with Crippen LogP contribution in [-0.4, -0.2) is 17.3 Å². The standard InChI is InChI=1S/C14H12N2O4S/c1-6-5-8(17)9-11(18)7-3-4-19-12(7)10(13(9)20-6)16-14(21)15-2/h3-5,18H,1-2H3,(H2,15,16,21). The van der Waals surface area contributed by atoms with Crippen molar-refractivity contribution in [3.63, 3.8) is 0 Å². The molecule has 2 heterocycles. The van der Waals surface area contributed by atoms with Crippen molar-refractivity contribution >= 4 is 45.0 Å². The summed E-state index contributed by atoms with van der Waals surface area (Å²) in [6.07, 6.45) is 1.42. The summed E-state index contributed by atoms with van der Waals surface area (Å²) in [7, 11) is 1.67. The van der Waals surface area contributed by atoms with E-state index in [-0.39, 0.29) is 22.1 Å². The van der Waals surface area contributed by atoms with Gasteiger partial charge in [-0.15, -0.1) is 0 Å². The third kappa shape index (κ3) is 2.02. The van der Waals surface area contributed by atoms with E-state index in [4.69, 9.17) is 21.1 Å². The topological polar surface area (TPSA) is 87.6 Å². The smallest absolute Gasteiger partial charge is 0.196 e. The Morgan fingerprint density at radius 2 is 2.14 bits per heavy atom. The number of phenolic OH excluding ortho intramolecular Hbond substituents is 1. The highest BCUT2D eigenvalue weighted by molar-refractivity contribution is 7.80. The van der Waals surface area contributed by atoms with Gasteiger partial charge >= 0.3 is 0 Å². The predicted molar refractivity (Wildman–Crippen MR) is 83.9 cm³/mol. The molecule has 21 heavy (non-hydrogen) atoms. The first-order valence-electron chi connectivity index (χ1n) is 6.18. The van der Waals surface area contributed by atoms with Crippen LogP contribution in [0.3, 0.4) is 0 Å². The van der Waals surface area contributed by atoms with Gasteiger partial charge in [-0.3, -0.25) is 4.79 Å². The minimum atomic E-state index is -0.326. The van der Waals surface area contributed by atoms with Crippen molar-refractivity contribution in [2.24, 2.45) is 0 Å². The molecule has 2 aromatic heterocycles. The molecule has 3 rings (SSSR count). The molecule has 0 saturated heterocycles. The van der Waals surface area contributed by atoms with E-state index in [0.717, 1.165) is 0 Å². The molecule has 3 aromatic rings.